The number of phenols is 4. The van der Waals surface area contributed by atoms with Crippen LogP contribution in [-0.2, 0) is 9.53 Å². The summed E-state index contributed by atoms with van der Waals surface area (Å²) in [6.07, 6.45) is 3.17. The standard InChI is InChI=1S/C19H16O6.C2H6/c20-15-3-1-11(7-17(15)22)5-13-9-25-10-14(19(13)24)6-12-2-4-16(21)18(23)8-12;1-2/h1-8,20-23H,9-10H2;1-2H3/b13-5+,14-6+;. The van der Waals surface area contributed by atoms with Gasteiger partial charge in [-0.25, -0.2) is 0 Å². The van der Waals surface area contributed by atoms with Gasteiger partial charge in [-0.05, 0) is 47.5 Å². The van der Waals surface area contributed by atoms with Crippen molar-refractivity contribution in [3.63, 3.8) is 0 Å². The fourth-order valence-electron chi connectivity index (χ4n) is 2.49. The van der Waals surface area contributed by atoms with E-state index >= 15 is 0 Å². The molecule has 0 unspecified atom stereocenters. The predicted octanol–water partition coefficient (Wildman–Crippen LogP) is 3.60. The minimum absolute atomic E-state index is 0.138. The second kappa shape index (κ2) is 8.91. The summed E-state index contributed by atoms with van der Waals surface area (Å²) in [5.74, 6) is -1.21. The smallest absolute Gasteiger partial charge is 0.189 e. The van der Waals surface area contributed by atoms with E-state index < -0.39 is 0 Å². The lowest BCUT2D eigenvalue weighted by Crippen LogP contribution is -2.21. The Bertz CT molecular complexity index is 824. The monoisotopic (exact) mass is 370 g/mol. The largest absolute Gasteiger partial charge is 0.504 e. The van der Waals surface area contributed by atoms with Crippen LogP contribution in [0.3, 0.4) is 0 Å². The summed E-state index contributed by atoms with van der Waals surface area (Å²) in [5, 5.41) is 37.8. The third-order valence-corrected chi connectivity index (χ3v) is 3.78. The summed E-state index contributed by atoms with van der Waals surface area (Å²) >= 11 is 0. The number of hydrogen-bond acceptors (Lipinski definition) is 6. The maximum atomic E-state index is 12.6. The summed E-state index contributed by atoms with van der Waals surface area (Å²) in [7, 11) is 0. The van der Waals surface area contributed by atoms with Gasteiger partial charge in [-0.15, -0.1) is 0 Å². The highest BCUT2D eigenvalue weighted by Gasteiger charge is 2.21. The molecule has 142 valence electrons. The summed E-state index contributed by atoms with van der Waals surface area (Å²) in [6.45, 7) is 4.28. The van der Waals surface area contributed by atoms with Crippen LogP contribution in [-0.4, -0.2) is 39.4 Å². The average Bonchev–Trinajstić information content (AvgIpc) is 2.66. The van der Waals surface area contributed by atoms with Gasteiger partial charge in [0.2, 0.25) is 0 Å². The van der Waals surface area contributed by atoms with E-state index in [0.29, 0.717) is 22.3 Å². The molecule has 0 bridgehead atoms. The highest BCUT2D eigenvalue weighted by atomic mass is 16.5. The lowest BCUT2D eigenvalue weighted by molar-refractivity contribution is -0.114. The van der Waals surface area contributed by atoms with Gasteiger partial charge in [-0.2, -0.15) is 0 Å². The quantitative estimate of drug-likeness (QED) is 0.475. The van der Waals surface area contributed by atoms with Crippen molar-refractivity contribution < 1.29 is 30.0 Å². The number of ether oxygens (including phenoxy) is 1. The first kappa shape index (κ1) is 20.1. The first-order valence-corrected chi connectivity index (χ1v) is 8.51. The Kier molecular flexibility index (Phi) is 6.62. The second-order valence-corrected chi connectivity index (χ2v) is 5.66. The van der Waals surface area contributed by atoms with Crippen LogP contribution in [0.5, 0.6) is 23.0 Å². The fourth-order valence-corrected chi connectivity index (χ4v) is 2.49. The Morgan fingerprint density at radius 1 is 0.741 bits per heavy atom. The van der Waals surface area contributed by atoms with Crippen molar-refractivity contribution in [2.45, 2.75) is 13.8 Å². The fraction of sp³-hybridized carbons (Fsp3) is 0.190. The third kappa shape index (κ3) is 4.89. The van der Waals surface area contributed by atoms with Gasteiger partial charge in [0.25, 0.3) is 0 Å². The van der Waals surface area contributed by atoms with Crippen LogP contribution in [0.1, 0.15) is 25.0 Å². The molecule has 0 amide bonds. The minimum Gasteiger partial charge on any atom is -0.504 e. The van der Waals surface area contributed by atoms with Crippen LogP contribution in [0.15, 0.2) is 47.5 Å². The van der Waals surface area contributed by atoms with Gasteiger partial charge < -0.3 is 25.2 Å². The van der Waals surface area contributed by atoms with E-state index in [1.165, 1.54) is 24.3 Å². The molecule has 1 saturated heterocycles. The maximum Gasteiger partial charge on any atom is 0.189 e. The van der Waals surface area contributed by atoms with Gasteiger partial charge in [-0.1, -0.05) is 26.0 Å². The molecular formula is C21H22O6. The second-order valence-electron chi connectivity index (χ2n) is 5.66. The van der Waals surface area contributed by atoms with Gasteiger partial charge in [-0.3, -0.25) is 4.79 Å². The number of rotatable bonds is 2. The van der Waals surface area contributed by atoms with E-state index in [0.717, 1.165) is 0 Å². The van der Waals surface area contributed by atoms with Crippen LogP contribution in [0.25, 0.3) is 12.2 Å². The SMILES string of the molecule is CC.O=C1/C(=C/c2ccc(O)c(O)c2)COC/C1=C\c1ccc(O)c(O)c1. The number of Topliss-reactive ketones (excluding diaryl/α,β-unsaturated/α-hetero) is 1. The Morgan fingerprint density at radius 2 is 1.15 bits per heavy atom. The molecule has 0 aromatic heterocycles. The van der Waals surface area contributed by atoms with Crippen molar-refractivity contribution in [2.75, 3.05) is 13.2 Å². The van der Waals surface area contributed by atoms with Crippen LogP contribution < -0.4 is 0 Å². The van der Waals surface area contributed by atoms with E-state index in [-0.39, 0.29) is 42.0 Å². The zero-order valence-corrected chi connectivity index (χ0v) is 15.1. The van der Waals surface area contributed by atoms with Crippen molar-refractivity contribution in [3.8, 4) is 23.0 Å². The number of phenolic OH excluding ortho intramolecular Hbond substituents is 4. The molecule has 0 atom stereocenters. The maximum absolute atomic E-state index is 12.6. The molecular weight excluding hydrogens is 348 g/mol. The third-order valence-electron chi connectivity index (χ3n) is 3.78. The van der Waals surface area contributed by atoms with Crippen molar-refractivity contribution in [2.24, 2.45) is 0 Å². The molecule has 2 aromatic rings. The Morgan fingerprint density at radius 3 is 1.52 bits per heavy atom. The summed E-state index contributed by atoms with van der Waals surface area (Å²) < 4.78 is 5.44. The Balaban J connectivity index is 0.00000126. The van der Waals surface area contributed by atoms with Crippen LogP contribution >= 0.6 is 0 Å². The highest BCUT2D eigenvalue weighted by Crippen LogP contribution is 2.29. The zero-order chi connectivity index (χ0) is 20.0. The summed E-state index contributed by atoms with van der Waals surface area (Å²) in [4.78, 5) is 12.6. The number of carbonyl (C=O) groups excluding carboxylic acids is 1. The van der Waals surface area contributed by atoms with E-state index in [4.69, 9.17) is 4.74 Å². The lowest BCUT2D eigenvalue weighted by atomic mass is 9.97. The molecule has 6 nitrogen and oxygen atoms in total. The van der Waals surface area contributed by atoms with Crippen molar-refractivity contribution in [1.82, 2.24) is 0 Å². The van der Waals surface area contributed by atoms with E-state index in [2.05, 4.69) is 0 Å². The topological polar surface area (TPSA) is 107 Å². The number of benzene rings is 2. The van der Waals surface area contributed by atoms with Crippen LogP contribution in [0.4, 0.5) is 0 Å². The molecule has 0 aliphatic carbocycles. The summed E-state index contributed by atoms with van der Waals surface area (Å²) in [6, 6.07) is 8.53. The van der Waals surface area contributed by atoms with Crippen molar-refractivity contribution >= 4 is 17.9 Å². The molecule has 1 aliphatic rings. The van der Waals surface area contributed by atoms with Crippen LogP contribution in [0, 0.1) is 0 Å². The molecule has 0 radical (unpaired) electrons. The first-order valence-electron chi connectivity index (χ1n) is 8.51. The minimum atomic E-state index is -0.270. The Labute approximate surface area is 157 Å². The van der Waals surface area contributed by atoms with E-state index in [1.54, 1.807) is 24.3 Å². The van der Waals surface area contributed by atoms with Crippen LogP contribution in [0.2, 0.25) is 0 Å². The molecule has 1 heterocycles. The first-order chi connectivity index (χ1) is 12.9. The molecule has 1 fully saturated rings. The normalized spacial score (nSPS) is 16.9. The molecule has 3 rings (SSSR count). The molecule has 6 heteroatoms. The van der Waals surface area contributed by atoms with Gasteiger partial charge in [0.1, 0.15) is 0 Å². The molecule has 2 aromatic carbocycles. The predicted molar refractivity (Wildman–Crippen MR) is 103 cm³/mol. The average molecular weight is 370 g/mol. The number of carbonyl (C=O) groups is 1. The molecule has 4 N–H and O–H groups in total. The van der Waals surface area contributed by atoms with Crippen molar-refractivity contribution in [3.05, 3.63) is 58.7 Å². The molecule has 0 spiro atoms. The van der Waals surface area contributed by atoms with Gasteiger partial charge in [0, 0.05) is 11.1 Å². The molecule has 27 heavy (non-hydrogen) atoms. The van der Waals surface area contributed by atoms with Gasteiger partial charge in [0.15, 0.2) is 28.8 Å². The number of hydrogen-bond donors (Lipinski definition) is 4. The van der Waals surface area contributed by atoms with Gasteiger partial charge in [0.05, 0.1) is 13.2 Å². The van der Waals surface area contributed by atoms with E-state index in [1.807, 2.05) is 13.8 Å². The summed E-state index contributed by atoms with van der Waals surface area (Å²) in [5.41, 5.74) is 1.94. The van der Waals surface area contributed by atoms with E-state index in [9.17, 15) is 25.2 Å². The zero-order valence-electron chi connectivity index (χ0n) is 15.1. The molecule has 1 aliphatic heterocycles. The molecule has 0 saturated carbocycles. The highest BCUT2D eigenvalue weighted by molar-refractivity contribution is 6.14. The Hall–Kier alpha value is -3.25. The lowest BCUT2D eigenvalue weighted by Gasteiger charge is -2.17. The van der Waals surface area contributed by atoms with Crippen molar-refractivity contribution in [1.29, 1.82) is 0 Å². The number of aromatic hydroxyl groups is 4. The number of ketones is 1. The van der Waals surface area contributed by atoms with Gasteiger partial charge >= 0.3 is 0 Å².